The number of isocyanates is 1. The van der Waals surface area contributed by atoms with E-state index in [-0.39, 0.29) is 6.04 Å². The van der Waals surface area contributed by atoms with Crippen LogP contribution >= 0.6 is 0 Å². The van der Waals surface area contributed by atoms with Crippen molar-refractivity contribution in [2.45, 2.75) is 38.6 Å². The van der Waals surface area contributed by atoms with Gasteiger partial charge in [-0.1, -0.05) is 50.5 Å². The van der Waals surface area contributed by atoms with Crippen LogP contribution in [0.2, 0.25) is 0 Å². The first-order valence-electron chi connectivity index (χ1n) is 5.42. The van der Waals surface area contributed by atoms with Crippen LogP contribution in [-0.2, 0) is 4.79 Å². The van der Waals surface area contributed by atoms with E-state index in [0.717, 1.165) is 18.4 Å². The summed E-state index contributed by atoms with van der Waals surface area (Å²) in [5.74, 6) is 0. The van der Waals surface area contributed by atoms with Crippen LogP contribution in [0.1, 0.15) is 44.2 Å². The van der Waals surface area contributed by atoms with Gasteiger partial charge in [-0.3, -0.25) is 0 Å². The number of unbranched alkanes of at least 4 members (excludes halogenated alkanes) is 2. The molecule has 0 aliphatic heterocycles. The molecule has 79 valence electrons. The third-order valence-corrected chi connectivity index (χ3v) is 2.38. The standard InChI is InChI=1S/C13H16NO/c1-2-3-5-10-13(14-11-15)12-8-6-4-7-9-12/h4,6-8,13H,2-3,5,10H2,1H3. The molecule has 1 rings (SSSR count). The van der Waals surface area contributed by atoms with Crippen molar-refractivity contribution >= 4 is 6.08 Å². The molecular formula is C13H16NO. The number of carbonyl (C=O) groups excluding carboxylic acids is 1. The van der Waals surface area contributed by atoms with Gasteiger partial charge in [-0.15, -0.1) is 0 Å². The Bertz CT molecular complexity index is 315. The highest BCUT2D eigenvalue weighted by atomic mass is 16.1. The highest BCUT2D eigenvalue weighted by Crippen LogP contribution is 2.22. The lowest BCUT2D eigenvalue weighted by Crippen LogP contribution is -1.95. The number of nitrogens with zero attached hydrogens (tertiary/aromatic N) is 1. The molecule has 0 N–H and O–H groups in total. The van der Waals surface area contributed by atoms with Gasteiger partial charge in [0, 0.05) is 0 Å². The molecule has 0 saturated carbocycles. The second-order valence-corrected chi connectivity index (χ2v) is 3.55. The molecule has 0 aliphatic carbocycles. The Morgan fingerprint density at radius 2 is 2.33 bits per heavy atom. The molecule has 0 bridgehead atoms. The smallest absolute Gasteiger partial charge is 0.211 e. The molecule has 1 aromatic carbocycles. The molecule has 0 aromatic heterocycles. The molecule has 1 atom stereocenters. The maximum atomic E-state index is 10.3. The summed E-state index contributed by atoms with van der Waals surface area (Å²) >= 11 is 0. The van der Waals surface area contributed by atoms with E-state index in [4.69, 9.17) is 0 Å². The van der Waals surface area contributed by atoms with Gasteiger partial charge in [0.1, 0.15) is 0 Å². The maximum Gasteiger partial charge on any atom is 0.235 e. The Labute approximate surface area is 91.0 Å². The predicted octanol–water partition coefficient (Wildman–Crippen LogP) is 3.44. The topological polar surface area (TPSA) is 29.4 Å². The fourth-order valence-corrected chi connectivity index (χ4v) is 1.56. The normalized spacial score (nSPS) is 11.8. The van der Waals surface area contributed by atoms with Crippen LogP contribution in [0, 0.1) is 6.07 Å². The predicted molar refractivity (Wildman–Crippen MR) is 60.3 cm³/mol. The van der Waals surface area contributed by atoms with Gasteiger partial charge in [-0.2, -0.15) is 4.99 Å². The Morgan fingerprint density at radius 3 is 2.93 bits per heavy atom. The van der Waals surface area contributed by atoms with Crippen LogP contribution in [0.15, 0.2) is 29.3 Å². The minimum absolute atomic E-state index is 0.0600. The van der Waals surface area contributed by atoms with Crippen LogP contribution in [0.5, 0.6) is 0 Å². The van der Waals surface area contributed by atoms with Crippen molar-refractivity contribution in [2.24, 2.45) is 4.99 Å². The molecule has 2 nitrogen and oxygen atoms in total. The summed E-state index contributed by atoms with van der Waals surface area (Å²) in [5.41, 5.74) is 0.983. The minimum Gasteiger partial charge on any atom is -0.211 e. The zero-order chi connectivity index (χ0) is 10.9. The Hall–Kier alpha value is -1.40. The van der Waals surface area contributed by atoms with E-state index in [1.54, 1.807) is 6.08 Å². The zero-order valence-electron chi connectivity index (χ0n) is 9.07. The third-order valence-electron chi connectivity index (χ3n) is 2.38. The van der Waals surface area contributed by atoms with Gasteiger partial charge in [0.15, 0.2) is 0 Å². The molecule has 0 amide bonds. The molecule has 15 heavy (non-hydrogen) atoms. The molecule has 1 unspecified atom stereocenters. The first-order valence-corrected chi connectivity index (χ1v) is 5.42. The molecule has 0 saturated heterocycles. The van der Waals surface area contributed by atoms with E-state index in [1.807, 2.05) is 24.3 Å². The Kier molecular flexibility index (Phi) is 5.42. The Morgan fingerprint density at radius 1 is 1.47 bits per heavy atom. The van der Waals surface area contributed by atoms with Gasteiger partial charge >= 0.3 is 0 Å². The molecule has 1 radical (unpaired) electrons. The average Bonchev–Trinajstić information content (AvgIpc) is 2.29. The van der Waals surface area contributed by atoms with Gasteiger partial charge in [-0.05, 0) is 18.1 Å². The van der Waals surface area contributed by atoms with Crippen LogP contribution < -0.4 is 0 Å². The van der Waals surface area contributed by atoms with Crippen LogP contribution in [0.4, 0.5) is 0 Å². The summed E-state index contributed by atoms with van der Waals surface area (Å²) in [5, 5.41) is 0. The van der Waals surface area contributed by atoms with E-state index < -0.39 is 0 Å². The van der Waals surface area contributed by atoms with Gasteiger partial charge < -0.3 is 0 Å². The monoisotopic (exact) mass is 202 g/mol. The molecule has 0 spiro atoms. The SMILES string of the molecule is CCCCCC(N=C=O)c1[c]cccc1. The van der Waals surface area contributed by atoms with Gasteiger partial charge in [-0.25, -0.2) is 4.79 Å². The average molecular weight is 202 g/mol. The van der Waals surface area contributed by atoms with Crippen molar-refractivity contribution in [2.75, 3.05) is 0 Å². The first kappa shape index (κ1) is 11.7. The van der Waals surface area contributed by atoms with E-state index in [0.29, 0.717) is 0 Å². The summed E-state index contributed by atoms with van der Waals surface area (Å²) in [6, 6.07) is 10.7. The fraction of sp³-hybridized carbons (Fsp3) is 0.462. The van der Waals surface area contributed by atoms with Crippen molar-refractivity contribution < 1.29 is 4.79 Å². The number of aliphatic imine (C=N–C) groups is 1. The second kappa shape index (κ2) is 6.97. The fourth-order valence-electron chi connectivity index (χ4n) is 1.56. The van der Waals surface area contributed by atoms with Crippen molar-refractivity contribution in [1.29, 1.82) is 0 Å². The largest absolute Gasteiger partial charge is 0.235 e. The lowest BCUT2D eigenvalue weighted by Gasteiger charge is -2.09. The Balaban J connectivity index is 2.62. The molecular weight excluding hydrogens is 186 g/mol. The highest BCUT2D eigenvalue weighted by molar-refractivity contribution is 5.35. The molecule has 2 heteroatoms. The summed E-state index contributed by atoms with van der Waals surface area (Å²) < 4.78 is 0. The number of hydrogen-bond acceptors (Lipinski definition) is 2. The second-order valence-electron chi connectivity index (χ2n) is 3.55. The molecule has 0 fully saturated rings. The lowest BCUT2D eigenvalue weighted by molar-refractivity contribution is 0.543. The summed E-state index contributed by atoms with van der Waals surface area (Å²) in [7, 11) is 0. The number of hydrogen-bond donors (Lipinski definition) is 0. The third kappa shape index (κ3) is 4.09. The number of rotatable bonds is 6. The van der Waals surface area contributed by atoms with E-state index in [9.17, 15) is 4.79 Å². The quantitative estimate of drug-likeness (QED) is 0.394. The van der Waals surface area contributed by atoms with Crippen LogP contribution in [0.25, 0.3) is 0 Å². The van der Waals surface area contributed by atoms with Crippen LogP contribution in [-0.4, -0.2) is 6.08 Å². The van der Waals surface area contributed by atoms with Gasteiger partial charge in [0.05, 0.1) is 6.04 Å². The van der Waals surface area contributed by atoms with E-state index in [1.165, 1.54) is 12.8 Å². The molecule has 1 aromatic rings. The molecule has 0 aliphatic rings. The van der Waals surface area contributed by atoms with Gasteiger partial charge in [0.25, 0.3) is 0 Å². The van der Waals surface area contributed by atoms with Gasteiger partial charge in [0.2, 0.25) is 6.08 Å². The van der Waals surface area contributed by atoms with Crippen molar-refractivity contribution in [3.05, 3.63) is 35.9 Å². The summed E-state index contributed by atoms with van der Waals surface area (Å²) in [4.78, 5) is 14.1. The molecule has 0 heterocycles. The zero-order valence-corrected chi connectivity index (χ0v) is 9.07. The number of benzene rings is 1. The summed E-state index contributed by atoms with van der Waals surface area (Å²) in [6.07, 6.45) is 6.00. The summed E-state index contributed by atoms with van der Waals surface area (Å²) in [6.45, 7) is 2.16. The van der Waals surface area contributed by atoms with Crippen molar-refractivity contribution in [3.63, 3.8) is 0 Å². The maximum absolute atomic E-state index is 10.3. The van der Waals surface area contributed by atoms with Crippen molar-refractivity contribution in [3.8, 4) is 0 Å². The van der Waals surface area contributed by atoms with E-state index in [2.05, 4.69) is 18.0 Å². The van der Waals surface area contributed by atoms with E-state index >= 15 is 0 Å². The lowest BCUT2D eigenvalue weighted by atomic mass is 10.0. The van der Waals surface area contributed by atoms with Crippen molar-refractivity contribution in [1.82, 2.24) is 0 Å². The first-order chi connectivity index (χ1) is 7.38. The van der Waals surface area contributed by atoms with Crippen LogP contribution in [0.3, 0.4) is 0 Å². The highest BCUT2D eigenvalue weighted by Gasteiger charge is 2.08. The minimum atomic E-state index is -0.0600.